The number of hydrogen-bond donors (Lipinski definition) is 2. The van der Waals surface area contributed by atoms with E-state index in [0.717, 1.165) is 51.6 Å². The van der Waals surface area contributed by atoms with E-state index < -0.39 is 0 Å². The van der Waals surface area contributed by atoms with Gasteiger partial charge in [0.25, 0.3) is 0 Å². The molecule has 0 unspecified atom stereocenters. The molecule has 0 atom stereocenters. The van der Waals surface area contributed by atoms with Gasteiger partial charge in [0.2, 0.25) is 0 Å². The van der Waals surface area contributed by atoms with Gasteiger partial charge in [-0.25, -0.2) is 0 Å². The van der Waals surface area contributed by atoms with Crippen LogP contribution in [0.2, 0.25) is 0 Å². The zero-order valence-corrected chi connectivity index (χ0v) is 11.8. The lowest BCUT2D eigenvalue weighted by Gasteiger charge is -2.06. The molecule has 0 aromatic heterocycles. The normalized spacial score (nSPS) is 11.3. The molecule has 0 aliphatic rings. The van der Waals surface area contributed by atoms with Gasteiger partial charge in [-0.05, 0) is 44.8 Å². The average Bonchev–Trinajstić information content (AvgIpc) is 2.30. The highest BCUT2D eigenvalue weighted by molar-refractivity contribution is 4.49. The number of nitrogens with two attached hydrogens (primary N) is 1. The Labute approximate surface area is 107 Å². The Balaban J connectivity index is 2.89. The van der Waals surface area contributed by atoms with E-state index in [1.807, 2.05) is 0 Å². The molecular formula is C14H32N2O. The summed E-state index contributed by atoms with van der Waals surface area (Å²) in [5.74, 6) is 0.843. The van der Waals surface area contributed by atoms with Crippen molar-refractivity contribution in [3.05, 3.63) is 0 Å². The summed E-state index contributed by atoms with van der Waals surface area (Å²) < 4.78 is 5.58. The smallest absolute Gasteiger partial charge is 0.0478 e. The lowest BCUT2D eigenvalue weighted by atomic mass is 10.1. The first-order valence-corrected chi connectivity index (χ1v) is 7.26. The first kappa shape index (κ1) is 16.9. The molecule has 0 fully saturated rings. The van der Waals surface area contributed by atoms with Crippen LogP contribution in [0.15, 0.2) is 0 Å². The maximum atomic E-state index is 5.58. The molecular weight excluding hydrogens is 212 g/mol. The predicted octanol–water partition coefficient (Wildman–Crippen LogP) is 2.55. The summed E-state index contributed by atoms with van der Waals surface area (Å²) in [5, 5.41) is 3.35. The number of hydrogen-bond acceptors (Lipinski definition) is 3. The molecule has 104 valence electrons. The standard InChI is InChI=1S/C14H32N2O/c1-14(2)8-4-3-5-12-17-13-7-11-16-10-6-9-15/h14,16H,3-13,15H2,1-2H3. The van der Waals surface area contributed by atoms with E-state index >= 15 is 0 Å². The van der Waals surface area contributed by atoms with Crippen molar-refractivity contribution in [1.29, 1.82) is 0 Å². The van der Waals surface area contributed by atoms with Crippen LogP contribution in [0, 0.1) is 5.92 Å². The number of ether oxygens (including phenoxy) is 1. The Bertz CT molecular complexity index is 140. The zero-order chi connectivity index (χ0) is 12.8. The minimum atomic E-state index is 0.778. The first-order chi connectivity index (χ1) is 8.27. The van der Waals surface area contributed by atoms with Crippen LogP contribution in [0.25, 0.3) is 0 Å². The molecule has 0 spiro atoms. The van der Waals surface area contributed by atoms with Gasteiger partial charge < -0.3 is 15.8 Å². The Morgan fingerprint density at radius 1 is 0.941 bits per heavy atom. The molecule has 0 saturated heterocycles. The van der Waals surface area contributed by atoms with E-state index in [1.165, 1.54) is 25.7 Å². The van der Waals surface area contributed by atoms with Crippen LogP contribution in [0.4, 0.5) is 0 Å². The maximum Gasteiger partial charge on any atom is 0.0478 e. The van der Waals surface area contributed by atoms with E-state index in [2.05, 4.69) is 19.2 Å². The summed E-state index contributed by atoms with van der Waals surface area (Å²) >= 11 is 0. The monoisotopic (exact) mass is 244 g/mol. The third kappa shape index (κ3) is 15.9. The fourth-order valence-corrected chi connectivity index (χ4v) is 1.69. The molecule has 0 radical (unpaired) electrons. The summed E-state index contributed by atoms with van der Waals surface area (Å²) in [6.07, 6.45) is 7.40. The SMILES string of the molecule is CC(C)CCCCCOCCCNCCCN. The quantitative estimate of drug-likeness (QED) is 0.489. The summed E-state index contributed by atoms with van der Waals surface area (Å²) in [6, 6.07) is 0. The van der Waals surface area contributed by atoms with Crippen LogP contribution in [0.5, 0.6) is 0 Å². The maximum absolute atomic E-state index is 5.58. The molecule has 3 nitrogen and oxygen atoms in total. The molecule has 0 aromatic carbocycles. The van der Waals surface area contributed by atoms with E-state index in [9.17, 15) is 0 Å². The molecule has 3 N–H and O–H groups in total. The topological polar surface area (TPSA) is 47.3 Å². The molecule has 0 rings (SSSR count). The number of unbranched alkanes of at least 4 members (excludes halogenated alkanes) is 2. The van der Waals surface area contributed by atoms with Crippen LogP contribution in [0.1, 0.15) is 52.4 Å². The summed E-state index contributed by atoms with van der Waals surface area (Å²) in [5.41, 5.74) is 5.40. The molecule has 0 saturated carbocycles. The van der Waals surface area contributed by atoms with Crippen molar-refractivity contribution in [2.24, 2.45) is 11.7 Å². The minimum Gasteiger partial charge on any atom is -0.381 e. The van der Waals surface area contributed by atoms with Gasteiger partial charge in [-0.1, -0.05) is 33.1 Å². The highest BCUT2D eigenvalue weighted by atomic mass is 16.5. The third-order valence-electron chi connectivity index (χ3n) is 2.77. The van der Waals surface area contributed by atoms with E-state index in [0.29, 0.717) is 0 Å². The van der Waals surface area contributed by atoms with Gasteiger partial charge >= 0.3 is 0 Å². The van der Waals surface area contributed by atoms with Gasteiger partial charge in [0, 0.05) is 13.2 Å². The van der Waals surface area contributed by atoms with Crippen molar-refractivity contribution in [2.75, 3.05) is 32.8 Å². The van der Waals surface area contributed by atoms with Crippen LogP contribution < -0.4 is 11.1 Å². The van der Waals surface area contributed by atoms with Crippen molar-refractivity contribution in [3.63, 3.8) is 0 Å². The summed E-state index contributed by atoms with van der Waals surface area (Å²) in [7, 11) is 0. The molecule has 0 aliphatic heterocycles. The van der Waals surface area contributed by atoms with Crippen molar-refractivity contribution < 1.29 is 4.74 Å². The van der Waals surface area contributed by atoms with Crippen LogP contribution >= 0.6 is 0 Å². The predicted molar refractivity (Wildman–Crippen MR) is 75.3 cm³/mol. The third-order valence-corrected chi connectivity index (χ3v) is 2.77. The van der Waals surface area contributed by atoms with Crippen molar-refractivity contribution in [2.45, 2.75) is 52.4 Å². The van der Waals surface area contributed by atoms with Crippen LogP contribution in [0.3, 0.4) is 0 Å². The molecule has 0 bridgehead atoms. The summed E-state index contributed by atoms with van der Waals surface area (Å²) in [6.45, 7) is 9.25. The van der Waals surface area contributed by atoms with Gasteiger partial charge in [-0.3, -0.25) is 0 Å². The first-order valence-electron chi connectivity index (χ1n) is 7.26. The number of rotatable bonds is 13. The lowest BCUT2D eigenvalue weighted by Crippen LogP contribution is -2.20. The van der Waals surface area contributed by atoms with E-state index in [4.69, 9.17) is 10.5 Å². The fraction of sp³-hybridized carbons (Fsp3) is 1.00. The van der Waals surface area contributed by atoms with E-state index in [1.54, 1.807) is 0 Å². The Kier molecular flexibility index (Phi) is 13.8. The number of nitrogens with one attached hydrogen (secondary N) is 1. The highest BCUT2D eigenvalue weighted by Crippen LogP contribution is 2.07. The molecule has 0 aliphatic carbocycles. The second kappa shape index (κ2) is 13.9. The van der Waals surface area contributed by atoms with Crippen molar-refractivity contribution in [1.82, 2.24) is 5.32 Å². The van der Waals surface area contributed by atoms with Crippen molar-refractivity contribution >= 4 is 0 Å². The molecule has 0 aromatic rings. The van der Waals surface area contributed by atoms with Gasteiger partial charge in [0.05, 0.1) is 0 Å². The molecule has 0 heterocycles. The molecule has 3 heteroatoms. The van der Waals surface area contributed by atoms with Gasteiger partial charge in [-0.15, -0.1) is 0 Å². The van der Waals surface area contributed by atoms with Crippen LogP contribution in [-0.2, 0) is 4.74 Å². The van der Waals surface area contributed by atoms with Crippen molar-refractivity contribution in [3.8, 4) is 0 Å². The lowest BCUT2D eigenvalue weighted by molar-refractivity contribution is 0.127. The second-order valence-corrected chi connectivity index (χ2v) is 5.10. The van der Waals surface area contributed by atoms with Gasteiger partial charge in [0.15, 0.2) is 0 Å². The summed E-state index contributed by atoms with van der Waals surface area (Å²) in [4.78, 5) is 0. The Morgan fingerprint density at radius 2 is 1.65 bits per heavy atom. The second-order valence-electron chi connectivity index (χ2n) is 5.10. The highest BCUT2D eigenvalue weighted by Gasteiger charge is 1.94. The van der Waals surface area contributed by atoms with E-state index in [-0.39, 0.29) is 0 Å². The van der Waals surface area contributed by atoms with Gasteiger partial charge in [-0.2, -0.15) is 0 Å². The molecule has 0 amide bonds. The van der Waals surface area contributed by atoms with Crippen LogP contribution in [-0.4, -0.2) is 32.8 Å². The Morgan fingerprint density at radius 3 is 2.35 bits per heavy atom. The Hall–Kier alpha value is -0.120. The minimum absolute atomic E-state index is 0.778. The average molecular weight is 244 g/mol. The largest absolute Gasteiger partial charge is 0.381 e. The zero-order valence-electron chi connectivity index (χ0n) is 11.8. The molecule has 17 heavy (non-hydrogen) atoms. The fourth-order valence-electron chi connectivity index (χ4n) is 1.69. The van der Waals surface area contributed by atoms with Gasteiger partial charge in [0.1, 0.15) is 0 Å².